The van der Waals surface area contributed by atoms with E-state index in [2.05, 4.69) is 26.8 Å². The molecule has 1 aromatic carbocycles. The molecule has 0 aliphatic carbocycles. The molecular formula is C13H17ClO. The van der Waals surface area contributed by atoms with Gasteiger partial charge >= 0.3 is 0 Å². The zero-order valence-electron chi connectivity index (χ0n) is 9.51. The molecule has 0 bridgehead atoms. The molecule has 0 spiro atoms. The van der Waals surface area contributed by atoms with Crippen molar-refractivity contribution in [2.45, 2.75) is 32.8 Å². The lowest BCUT2D eigenvalue weighted by atomic mass is 9.77. The van der Waals surface area contributed by atoms with Gasteiger partial charge in [0.15, 0.2) is 0 Å². The van der Waals surface area contributed by atoms with Crippen molar-refractivity contribution >= 4 is 11.6 Å². The second-order valence-electron chi connectivity index (χ2n) is 5.30. The normalized spacial score (nSPS) is 25.3. The molecule has 1 aromatic rings. The zero-order chi connectivity index (χ0) is 11.1. The first-order valence-corrected chi connectivity index (χ1v) is 5.70. The quantitative estimate of drug-likeness (QED) is 0.698. The van der Waals surface area contributed by atoms with Crippen LogP contribution in [0.25, 0.3) is 0 Å². The second-order valence-corrected chi connectivity index (χ2v) is 5.71. The van der Waals surface area contributed by atoms with Crippen LogP contribution in [0.4, 0.5) is 0 Å². The summed E-state index contributed by atoms with van der Waals surface area (Å²) in [7, 11) is 0. The third-order valence-corrected chi connectivity index (χ3v) is 3.66. The van der Waals surface area contributed by atoms with Gasteiger partial charge < -0.3 is 4.74 Å². The summed E-state index contributed by atoms with van der Waals surface area (Å²) in [6, 6.07) is 8.01. The van der Waals surface area contributed by atoms with E-state index in [1.165, 1.54) is 5.56 Å². The summed E-state index contributed by atoms with van der Waals surface area (Å²) in [5.74, 6) is 0. The van der Waals surface area contributed by atoms with E-state index >= 15 is 0 Å². The maximum atomic E-state index is 6.15. The van der Waals surface area contributed by atoms with Crippen molar-refractivity contribution in [3.8, 4) is 0 Å². The van der Waals surface area contributed by atoms with Crippen molar-refractivity contribution < 1.29 is 4.74 Å². The topological polar surface area (TPSA) is 12.5 Å². The van der Waals surface area contributed by atoms with E-state index in [0.29, 0.717) is 0 Å². The van der Waals surface area contributed by atoms with Crippen LogP contribution in [-0.2, 0) is 11.2 Å². The van der Waals surface area contributed by atoms with Crippen LogP contribution in [0.3, 0.4) is 0 Å². The van der Waals surface area contributed by atoms with Gasteiger partial charge in [0.2, 0.25) is 0 Å². The minimum absolute atomic E-state index is 0.00199. The van der Waals surface area contributed by atoms with E-state index in [1.807, 2.05) is 18.2 Å². The Kier molecular flexibility index (Phi) is 2.56. The van der Waals surface area contributed by atoms with Gasteiger partial charge in [-0.25, -0.2) is 0 Å². The van der Waals surface area contributed by atoms with Gasteiger partial charge in [-0.2, -0.15) is 0 Å². The van der Waals surface area contributed by atoms with E-state index < -0.39 is 0 Å². The summed E-state index contributed by atoms with van der Waals surface area (Å²) in [6.45, 7) is 7.51. The van der Waals surface area contributed by atoms with Crippen LogP contribution in [0, 0.1) is 5.41 Å². The highest BCUT2D eigenvalue weighted by molar-refractivity contribution is 6.31. The fourth-order valence-electron chi connectivity index (χ4n) is 1.84. The molecule has 1 aliphatic rings. The fourth-order valence-corrected chi connectivity index (χ4v) is 2.04. The molecule has 2 rings (SSSR count). The number of hydrogen-bond acceptors (Lipinski definition) is 1. The third kappa shape index (κ3) is 2.04. The standard InChI is InChI=1S/C13H17ClO/c1-12(2,3)13(9-15-13)8-10-6-4-5-7-11(10)14/h4-7H,8-9H2,1-3H3. The molecule has 15 heavy (non-hydrogen) atoms. The number of benzene rings is 1. The molecule has 1 saturated heterocycles. The van der Waals surface area contributed by atoms with E-state index in [-0.39, 0.29) is 11.0 Å². The number of halogens is 1. The minimum Gasteiger partial charge on any atom is -0.369 e. The maximum Gasteiger partial charge on any atom is 0.100 e. The van der Waals surface area contributed by atoms with Crippen molar-refractivity contribution in [3.05, 3.63) is 34.9 Å². The molecule has 1 atom stereocenters. The van der Waals surface area contributed by atoms with Crippen LogP contribution >= 0.6 is 11.6 Å². The van der Waals surface area contributed by atoms with Crippen LogP contribution in [0.5, 0.6) is 0 Å². The Bertz CT molecular complexity index is 361. The van der Waals surface area contributed by atoms with Gasteiger partial charge in [0, 0.05) is 11.4 Å². The van der Waals surface area contributed by atoms with Gasteiger partial charge in [0.1, 0.15) is 5.60 Å². The highest BCUT2D eigenvalue weighted by Crippen LogP contribution is 2.47. The van der Waals surface area contributed by atoms with E-state index in [9.17, 15) is 0 Å². The minimum atomic E-state index is -0.00199. The molecule has 1 nitrogen and oxygen atoms in total. The summed E-state index contributed by atoms with van der Waals surface area (Å²) in [4.78, 5) is 0. The first kappa shape index (κ1) is 11.0. The lowest BCUT2D eigenvalue weighted by Gasteiger charge is -2.27. The maximum absolute atomic E-state index is 6.15. The molecule has 0 amide bonds. The Morgan fingerprint density at radius 3 is 2.40 bits per heavy atom. The molecule has 1 aliphatic heterocycles. The van der Waals surface area contributed by atoms with Crippen LogP contribution < -0.4 is 0 Å². The Balaban J connectivity index is 2.20. The van der Waals surface area contributed by atoms with E-state index in [4.69, 9.17) is 16.3 Å². The second kappa shape index (κ2) is 3.50. The molecule has 1 unspecified atom stereocenters. The van der Waals surface area contributed by atoms with Crippen molar-refractivity contribution in [2.75, 3.05) is 6.61 Å². The summed E-state index contributed by atoms with van der Waals surface area (Å²) in [5, 5.41) is 0.844. The predicted octanol–water partition coefficient (Wildman–Crippen LogP) is 3.70. The summed E-state index contributed by atoms with van der Waals surface area (Å²) >= 11 is 6.15. The summed E-state index contributed by atoms with van der Waals surface area (Å²) < 4.78 is 5.66. The average Bonchev–Trinajstić information content (AvgIpc) is 2.89. The van der Waals surface area contributed by atoms with Gasteiger partial charge in [0.25, 0.3) is 0 Å². The molecule has 1 heterocycles. The molecular weight excluding hydrogens is 208 g/mol. The monoisotopic (exact) mass is 224 g/mol. The molecule has 0 N–H and O–H groups in total. The lowest BCUT2D eigenvalue weighted by Crippen LogP contribution is -2.32. The lowest BCUT2D eigenvalue weighted by molar-refractivity contribution is 0.155. The zero-order valence-corrected chi connectivity index (χ0v) is 10.3. The van der Waals surface area contributed by atoms with Crippen LogP contribution in [0.15, 0.2) is 24.3 Å². The van der Waals surface area contributed by atoms with Crippen molar-refractivity contribution in [1.82, 2.24) is 0 Å². The summed E-state index contributed by atoms with van der Waals surface area (Å²) in [6.07, 6.45) is 0.913. The number of hydrogen-bond donors (Lipinski definition) is 0. The first-order chi connectivity index (χ1) is 6.95. The molecule has 0 aromatic heterocycles. The van der Waals surface area contributed by atoms with Crippen molar-refractivity contribution in [2.24, 2.45) is 5.41 Å². The Morgan fingerprint density at radius 1 is 1.33 bits per heavy atom. The summed E-state index contributed by atoms with van der Waals surface area (Å²) in [5.41, 5.74) is 1.36. The molecule has 1 fully saturated rings. The molecule has 82 valence electrons. The number of rotatable bonds is 2. The van der Waals surface area contributed by atoms with Crippen molar-refractivity contribution in [1.29, 1.82) is 0 Å². The Hall–Kier alpha value is -0.530. The first-order valence-electron chi connectivity index (χ1n) is 5.32. The molecule has 0 radical (unpaired) electrons. The van der Waals surface area contributed by atoms with E-state index in [1.54, 1.807) is 0 Å². The van der Waals surface area contributed by atoms with Crippen LogP contribution in [0.1, 0.15) is 26.3 Å². The van der Waals surface area contributed by atoms with Crippen LogP contribution in [-0.4, -0.2) is 12.2 Å². The number of ether oxygens (including phenoxy) is 1. The van der Waals surface area contributed by atoms with Gasteiger partial charge in [0.05, 0.1) is 6.61 Å². The fraction of sp³-hybridized carbons (Fsp3) is 0.538. The van der Waals surface area contributed by atoms with Crippen LogP contribution in [0.2, 0.25) is 5.02 Å². The third-order valence-electron chi connectivity index (χ3n) is 3.29. The smallest absolute Gasteiger partial charge is 0.100 e. The van der Waals surface area contributed by atoms with Gasteiger partial charge in [-0.05, 0) is 17.0 Å². The largest absolute Gasteiger partial charge is 0.369 e. The van der Waals surface area contributed by atoms with Gasteiger partial charge in [-0.15, -0.1) is 0 Å². The van der Waals surface area contributed by atoms with Crippen molar-refractivity contribution in [3.63, 3.8) is 0 Å². The van der Waals surface area contributed by atoms with Gasteiger partial charge in [-0.1, -0.05) is 50.6 Å². The van der Waals surface area contributed by atoms with Gasteiger partial charge in [-0.3, -0.25) is 0 Å². The Labute approximate surface area is 96.4 Å². The Morgan fingerprint density at radius 2 is 1.93 bits per heavy atom. The average molecular weight is 225 g/mol. The number of epoxide rings is 1. The highest BCUT2D eigenvalue weighted by Gasteiger charge is 2.54. The van der Waals surface area contributed by atoms with E-state index in [0.717, 1.165) is 18.1 Å². The molecule has 2 heteroatoms. The highest BCUT2D eigenvalue weighted by atomic mass is 35.5. The molecule has 0 saturated carbocycles. The predicted molar refractivity (Wildman–Crippen MR) is 63.3 cm³/mol. The SMILES string of the molecule is CC(C)(C)C1(Cc2ccccc2Cl)CO1.